The summed E-state index contributed by atoms with van der Waals surface area (Å²) in [7, 11) is 0. The van der Waals surface area contributed by atoms with Gasteiger partial charge in [-0.1, -0.05) is 36.8 Å². The quantitative estimate of drug-likeness (QED) is 0.707. The fourth-order valence-electron chi connectivity index (χ4n) is 3.78. The van der Waals surface area contributed by atoms with Crippen molar-refractivity contribution >= 4 is 0 Å². The second kappa shape index (κ2) is 7.62. The molecule has 2 aromatic heterocycles. The van der Waals surface area contributed by atoms with E-state index in [9.17, 15) is 0 Å². The Morgan fingerprint density at radius 2 is 1.80 bits per heavy atom. The Morgan fingerprint density at radius 1 is 0.920 bits per heavy atom. The van der Waals surface area contributed by atoms with Gasteiger partial charge < -0.3 is 0 Å². The van der Waals surface area contributed by atoms with E-state index < -0.39 is 0 Å². The van der Waals surface area contributed by atoms with Gasteiger partial charge in [0.05, 0.1) is 6.54 Å². The Balaban J connectivity index is 1.56. The number of pyridine rings is 1. The zero-order chi connectivity index (χ0) is 16.9. The van der Waals surface area contributed by atoms with Gasteiger partial charge in [-0.05, 0) is 48.2 Å². The van der Waals surface area contributed by atoms with E-state index in [1.165, 1.54) is 36.0 Å². The largest absolute Gasteiger partial charge is 0.292 e. The molecule has 4 heteroatoms. The highest BCUT2D eigenvalue weighted by molar-refractivity contribution is 5.28. The topological polar surface area (TPSA) is 34.0 Å². The predicted molar refractivity (Wildman–Crippen MR) is 99.0 cm³/mol. The second-order valence-electron chi connectivity index (χ2n) is 6.74. The molecule has 128 valence electrons. The van der Waals surface area contributed by atoms with E-state index >= 15 is 0 Å². The molecule has 1 aliphatic rings. The van der Waals surface area contributed by atoms with Crippen molar-refractivity contribution in [1.29, 1.82) is 0 Å². The minimum atomic E-state index is 0.472. The highest BCUT2D eigenvalue weighted by Gasteiger charge is 2.24. The van der Waals surface area contributed by atoms with Gasteiger partial charge in [0, 0.05) is 37.4 Å². The first-order valence-corrected chi connectivity index (χ1v) is 9.08. The summed E-state index contributed by atoms with van der Waals surface area (Å²) >= 11 is 0. The highest BCUT2D eigenvalue weighted by Crippen LogP contribution is 2.32. The molecule has 1 aromatic carbocycles. The standard InChI is InChI=1S/C21H24N4/c1-2-8-20(17-25-14-6-12-23-25)19(7-1)16-24-13-4-3-10-21(24)18-9-5-11-22-15-18/h1-2,5-9,11-12,14-15,21H,3-4,10,13,16-17H2. The molecule has 1 saturated heterocycles. The van der Waals surface area contributed by atoms with E-state index in [1.54, 1.807) is 0 Å². The maximum Gasteiger partial charge on any atom is 0.0662 e. The van der Waals surface area contributed by atoms with Crippen LogP contribution in [0.5, 0.6) is 0 Å². The maximum absolute atomic E-state index is 4.36. The average molecular weight is 332 g/mol. The minimum absolute atomic E-state index is 0.472. The molecule has 1 fully saturated rings. The van der Waals surface area contributed by atoms with E-state index in [-0.39, 0.29) is 0 Å². The van der Waals surface area contributed by atoms with Gasteiger partial charge in [-0.15, -0.1) is 0 Å². The lowest BCUT2D eigenvalue weighted by atomic mass is 9.95. The number of aromatic nitrogens is 3. The van der Waals surface area contributed by atoms with Crippen LogP contribution in [-0.4, -0.2) is 26.2 Å². The number of hydrogen-bond donors (Lipinski definition) is 0. The van der Waals surface area contributed by atoms with Crippen molar-refractivity contribution < 1.29 is 0 Å². The fourth-order valence-corrected chi connectivity index (χ4v) is 3.78. The summed E-state index contributed by atoms with van der Waals surface area (Å²) < 4.78 is 1.99. The van der Waals surface area contributed by atoms with Crippen molar-refractivity contribution in [2.45, 2.75) is 38.4 Å². The molecule has 0 saturated carbocycles. The minimum Gasteiger partial charge on any atom is -0.292 e. The van der Waals surface area contributed by atoms with Crippen LogP contribution >= 0.6 is 0 Å². The van der Waals surface area contributed by atoms with Gasteiger partial charge in [-0.2, -0.15) is 5.10 Å². The highest BCUT2D eigenvalue weighted by atomic mass is 15.3. The first-order chi connectivity index (χ1) is 12.4. The summed E-state index contributed by atoms with van der Waals surface area (Å²) in [4.78, 5) is 6.94. The van der Waals surface area contributed by atoms with Crippen LogP contribution in [0, 0.1) is 0 Å². The third-order valence-electron chi connectivity index (χ3n) is 5.07. The van der Waals surface area contributed by atoms with Crippen LogP contribution in [0.2, 0.25) is 0 Å². The maximum atomic E-state index is 4.36. The lowest BCUT2D eigenvalue weighted by molar-refractivity contribution is 0.140. The normalized spacial score (nSPS) is 18.3. The molecule has 0 radical (unpaired) electrons. The van der Waals surface area contributed by atoms with Crippen molar-refractivity contribution in [2.75, 3.05) is 6.54 Å². The Morgan fingerprint density at radius 3 is 2.56 bits per heavy atom. The van der Waals surface area contributed by atoms with Gasteiger partial charge >= 0.3 is 0 Å². The number of rotatable bonds is 5. The first kappa shape index (κ1) is 16.0. The smallest absolute Gasteiger partial charge is 0.0662 e. The molecule has 25 heavy (non-hydrogen) atoms. The van der Waals surface area contributed by atoms with E-state index in [2.05, 4.69) is 45.3 Å². The molecular weight excluding hydrogens is 308 g/mol. The van der Waals surface area contributed by atoms with Crippen LogP contribution in [0.3, 0.4) is 0 Å². The molecular formula is C21H24N4. The molecule has 3 heterocycles. The molecule has 1 aliphatic heterocycles. The average Bonchev–Trinajstić information content (AvgIpc) is 3.18. The van der Waals surface area contributed by atoms with E-state index in [4.69, 9.17) is 0 Å². The molecule has 0 spiro atoms. The molecule has 0 bridgehead atoms. The summed E-state index contributed by atoms with van der Waals surface area (Å²) in [6, 6.07) is 15.5. The Hall–Kier alpha value is -2.46. The van der Waals surface area contributed by atoms with Gasteiger partial charge in [-0.3, -0.25) is 14.6 Å². The Bertz CT molecular complexity index is 783. The molecule has 0 N–H and O–H groups in total. The van der Waals surface area contributed by atoms with Crippen LogP contribution in [0.4, 0.5) is 0 Å². The van der Waals surface area contributed by atoms with Crippen LogP contribution in [0.25, 0.3) is 0 Å². The summed E-state index contributed by atoms with van der Waals surface area (Å²) in [5.74, 6) is 0. The lowest BCUT2D eigenvalue weighted by Crippen LogP contribution is -2.33. The molecule has 1 unspecified atom stereocenters. The predicted octanol–water partition coefficient (Wildman–Crippen LogP) is 4.05. The number of hydrogen-bond acceptors (Lipinski definition) is 3. The van der Waals surface area contributed by atoms with Crippen LogP contribution in [0.1, 0.15) is 42.0 Å². The van der Waals surface area contributed by atoms with Crippen LogP contribution in [0.15, 0.2) is 67.3 Å². The number of likely N-dealkylation sites (tertiary alicyclic amines) is 1. The fraction of sp³-hybridized carbons (Fsp3) is 0.333. The molecule has 0 aliphatic carbocycles. The molecule has 4 rings (SSSR count). The van der Waals surface area contributed by atoms with Gasteiger partial charge in [0.2, 0.25) is 0 Å². The third kappa shape index (κ3) is 3.80. The Kier molecular flexibility index (Phi) is 4.89. The van der Waals surface area contributed by atoms with Crippen molar-refractivity contribution in [3.63, 3.8) is 0 Å². The van der Waals surface area contributed by atoms with Crippen LogP contribution in [-0.2, 0) is 13.1 Å². The van der Waals surface area contributed by atoms with Crippen molar-refractivity contribution in [3.05, 3.63) is 83.9 Å². The first-order valence-electron chi connectivity index (χ1n) is 9.08. The Labute approximate surface area is 149 Å². The SMILES string of the molecule is c1cncc(C2CCCCN2Cc2ccccc2Cn2cccn2)c1. The van der Waals surface area contributed by atoms with Crippen molar-refractivity contribution in [1.82, 2.24) is 19.7 Å². The monoisotopic (exact) mass is 332 g/mol. The van der Waals surface area contributed by atoms with Crippen molar-refractivity contribution in [3.8, 4) is 0 Å². The molecule has 1 atom stereocenters. The molecule has 0 amide bonds. The summed E-state index contributed by atoms with van der Waals surface area (Å²) in [5.41, 5.74) is 4.09. The lowest BCUT2D eigenvalue weighted by Gasteiger charge is -2.36. The number of nitrogens with zero attached hydrogens (tertiary/aromatic N) is 4. The second-order valence-corrected chi connectivity index (χ2v) is 6.74. The van der Waals surface area contributed by atoms with Gasteiger partial charge in [-0.25, -0.2) is 0 Å². The number of benzene rings is 1. The zero-order valence-corrected chi connectivity index (χ0v) is 14.5. The van der Waals surface area contributed by atoms with Gasteiger partial charge in [0.15, 0.2) is 0 Å². The molecule has 3 aromatic rings. The van der Waals surface area contributed by atoms with Gasteiger partial charge in [0.1, 0.15) is 0 Å². The van der Waals surface area contributed by atoms with Crippen molar-refractivity contribution in [2.24, 2.45) is 0 Å². The number of piperidine rings is 1. The summed E-state index contributed by atoms with van der Waals surface area (Å²) in [6.45, 7) is 2.96. The molecule has 4 nitrogen and oxygen atoms in total. The third-order valence-corrected chi connectivity index (χ3v) is 5.07. The van der Waals surface area contributed by atoms with E-state index in [0.717, 1.165) is 19.6 Å². The van der Waals surface area contributed by atoms with Crippen LogP contribution < -0.4 is 0 Å². The van der Waals surface area contributed by atoms with E-state index in [1.807, 2.05) is 41.6 Å². The van der Waals surface area contributed by atoms with E-state index in [0.29, 0.717) is 6.04 Å². The summed E-state index contributed by atoms with van der Waals surface area (Å²) in [6.07, 6.45) is 11.5. The summed E-state index contributed by atoms with van der Waals surface area (Å²) in [5, 5.41) is 4.36. The zero-order valence-electron chi connectivity index (χ0n) is 14.5. The van der Waals surface area contributed by atoms with Gasteiger partial charge in [0.25, 0.3) is 0 Å².